The van der Waals surface area contributed by atoms with Crippen molar-refractivity contribution in [3.63, 3.8) is 0 Å². The normalized spacial score (nSPS) is 29.6. The first-order valence-electron chi connectivity index (χ1n) is 7.58. The van der Waals surface area contributed by atoms with E-state index in [0.717, 1.165) is 6.54 Å². The number of esters is 1. The molecule has 0 radical (unpaired) electrons. The summed E-state index contributed by atoms with van der Waals surface area (Å²) in [5.41, 5.74) is 3.77. The Hall–Kier alpha value is -0.910. The molecule has 5 nitrogen and oxygen atoms in total. The van der Waals surface area contributed by atoms with Crippen LogP contribution in [0.2, 0.25) is 0 Å². The van der Waals surface area contributed by atoms with Crippen LogP contribution in [0.25, 0.3) is 0 Å². The second-order valence-electron chi connectivity index (χ2n) is 6.05. The van der Waals surface area contributed by atoms with Gasteiger partial charge in [0.05, 0.1) is 0 Å². The van der Waals surface area contributed by atoms with Gasteiger partial charge in [0.1, 0.15) is 0 Å². The standard InChI is InChI=1S/C15H27N3O2/c1-11(2)15(19)20-12(3)16-18-10-6-8-14(18)13-7-5-9-17(13)4/h12-14,16H,1,5-10H2,2-4H3. The lowest BCUT2D eigenvalue weighted by molar-refractivity contribution is -0.148. The first-order chi connectivity index (χ1) is 9.49. The van der Waals surface area contributed by atoms with Gasteiger partial charge in [-0.05, 0) is 53.1 Å². The van der Waals surface area contributed by atoms with Crippen LogP contribution in [0.4, 0.5) is 0 Å². The van der Waals surface area contributed by atoms with E-state index in [-0.39, 0.29) is 12.2 Å². The molecule has 5 heteroatoms. The van der Waals surface area contributed by atoms with Crippen LogP contribution in [0.15, 0.2) is 12.2 Å². The van der Waals surface area contributed by atoms with Crippen molar-refractivity contribution < 1.29 is 9.53 Å². The van der Waals surface area contributed by atoms with Crippen LogP contribution >= 0.6 is 0 Å². The third-order valence-corrected chi connectivity index (χ3v) is 4.30. The summed E-state index contributed by atoms with van der Waals surface area (Å²) < 4.78 is 5.31. The van der Waals surface area contributed by atoms with E-state index in [2.05, 4.69) is 29.0 Å². The maximum atomic E-state index is 11.5. The minimum Gasteiger partial charge on any atom is -0.442 e. The molecule has 0 aromatic heterocycles. The highest BCUT2D eigenvalue weighted by Gasteiger charge is 2.36. The second kappa shape index (κ2) is 6.70. The molecule has 0 spiro atoms. The Labute approximate surface area is 121 Å². The van der Waals surface area contributed by atoms with Gasteiger partial charge in [0.15, 0.2) is 6.23 Å². The van der Waals surface area contributed by atoms with Crippen LogP contribution < -0.4 is 5.43 Å². The van der Waals surface area contributed by atoms with Crippen molar-refractivity contribution in [3.05, 3.63) is 12.2 Å². The van der Waals surface area contributed by atoms with E-state index < -0.39 is 0 Å². The molecule has 20 heavy (non-hydrogen) atoms. The largest absolute Gasteiger partial charge is 0.442 e. The van der Waals surface area contributed by atoms with Crippen LogP contribution in [-0.4, -0.2) is 54.3 Å². The zero-order chi connectivity index (χ0) is 14.7. The molecule has 0 saturated carbocycles. The Kier molecular flexibility index (Phi) is 5.18. The molecular formula is C15H27N3O2. The van der Waals surface area contributed by atoms with E-state index in [4.69, 9.17) is 4.74 Å². The highest BCUT2D eigenvalue weighted by atomic mass is 16.6. The molecule has 2 heterocycles. The molecule has 114 valence electrons. The van der Waals surface area contributed by atoms with E-state index in [0.29, 0.717) is 17.7 Å². The molecule has 2 saturated heterocycles. The van der Waals surface area contributed by atoms with E-state index in [1.165, 1.54) is 32.2 Å². The van der Waals surface area contributed by atoms with Gasteiger partial charge < -0.3 is 9.64 Å². The topological polar surface area (TPSA) is 44.8 Å². The number of rotatable bonds is 5. The summed E-state index contributed by atoms with van der Waals surface area (Å²) in [6.07, 6.45) is 4.64. The molecule has 2 aliphatic heterocycles. The fourth-order valence-corrected chi connectivity index (χ4v) is 3.30. The Morgan fingerprint density at radius 1 is 1.30 bits per heavy atom. The van der Waals surface area contributed by atoms with Gasteiger partial charge in [-0.15, -0.1) is 0 Å². The van der Waals surface area contributed by atoms with Crippen molar-refractivity contribution in [2.45, 2.75) is 57.8 Å². The Balaban J connectivity index is 1.87. The van der Waals surface area contributed by atoms with Crippen molar-refractivity contribution in [1.82, 2.24) is 15.3 Å². The quantitative estimate of drug-likeness (QED) is 0.470. The van der Waals surface area contributed by atoms with E-state index in [1.807, 2.05) is 6.92 Å². The predicted octanol–water partition coefficient (Wildman–Crippen LogP) is 1.51. The summed E-state index contributed by atoms with van der Waals surface area (Å²) in [6, 6.07) is 1.14. The minimum absolute atomic E-state index is 0.313. The highest BCUT2D eigenvalue weighted by molar-refractivity contribution is 5.87. The van der Waals surface area contributed by atoms with Crippen LogP contribution in [0.3, 0.4) is 0 Å². The van der Waals surface area contributed by atoms with Crippen molar-refractivity contribution in [1.29, 1.82) is 0 Å². The average molecular weight is 281 g/mol. The third-order valence-electron chi connectivity index (χ3n) is 4.30. The molecule has 3 atom stereocenters. The van der Waals surface area contributed by atoms with Gasteiger partial charge in [-0.1, -0.05) is 6.58 Å². The fraction of sp³-hybridized carbons (Fsp3) is 0.800. The zero-order valence-corrected chi connectivity index (χ0v) is 12.9. The van der Waals surface area contributed by atoms with Crippen LogP contribution in [-0.2, 0) is 9.53 Å². The summed E-state index contributed by atoms with van der Waals surface area (Å²) in [7, 11) is 2.21. The number of carbonyl (C=O) groups excluding carboxylic acids is 1. The first-order valence-corrected chi connectivity index (χ1v) is 7.58. The predicted molar refractivity (Wildman–Crippen MR) is 78.9 cm³/mol. The number of hydrazine groups is 1. The van der Waals surface area contributed by atoms with Gasteiger partial charge >= 0.3 is 5.97 Å². The molecule has 2 aliphatic rings. The van der Waals surface area contributed by atoms with E-state index in [1.54, 1.807) is 6.92 Å². The lowest BCUT2D eigenvalue weighted by atomic mass is 10.0. The van der Waals surface area contributed by atoms with E-state index in [9.17, 15) is 4.79 Å². The van der Waals surface area contributed by atoms with Gasteiger partial charge in [0.2, 0.25) is 0 Å². The number of hydrogen-bond donors (Lipinski definition) is 1. The van der Waals surface area contributed by atoms with Gasteiger partial charge in [0, 0.05) is 24.2 Å². The summed E-state index contributed by atoms with van der Waals surface area (Å²) in [4.78, 5) is 14.0. The number of likely N-dealkylation sites (tertiary alicyclic amines) is 1. The maximum Gasteiger partial charge on any atom is 0.334 e. The second-order valence-corrected chi connectivity index (χ2v) is 6.05. The maximum absolute atomic E-state index is 11.5. The smallest absolute Gasteiger partial charge is 0.334 e. The molecule has 0 amide bonds. The molecule has 0 aromatic carbocycles. The summed E-state index contributed by atoms with van der Waals surface area (Å²) in [6.45, 7) is 9.35. The summed E-state index contributed by atoms with van der Waals surface area (Å²) in [5.74, 6) is -0.335. The number of hydrogen-bond acceptors (Lipinski definition) is 5. The van der Waals surface area contributed by atoms with Gasteiger partial charge in [-0.3, -0.25) is 0 Å². The molecule has 1 N–H and O–H groups in total. The molecule has 3 unspecified atom stereocenters. The molecular weight excluding hydrogens is 254 g/mol. The summed E-state index contributed by atoms with van der Waals surface area (Å²) in [5, 5.41) is 2.27. The van der Waals surface area contributed by atoms with Gasteiger partial charge in [-0.2, -0.15) is 0 Å². The molecule has 2 rings (SSSR count). The average Bonchev–Trinajstić information content (AvgIpc) is 2.97. The van der Waals surface area contributed by atoms with Gasteiger partial charge in [0.25, 0.3) is 0 Å². The molecule has 0 aliphatic carbocycles. The van der Waals surface area contributed by atoms with Crippen molar-refractivity contribution in [3.8, 4) is 0 Å². The van der Waals surface area contributed by atoms with Crippen molar-refractivity contribution in [2.75, 3.05) is 20.1 Å². The Bertz CT molecular complexity index is 372. The van der Waals surface area contributed by atoms with Crippen molar-refractivity contribution >= 4 is 5.97 Å². The number of nitrogens with one attached hydrogen (secondary N) is 1. The Morgan fingerprint density at radius 2 is 1.95 bits per heavy atom. The molecule has 2 fully saturated rings. The van der Waals surface area contributed by atoms with Crippen LogP contribution in [0, 0.1) is 0 Å². The first kappa shape index (κ1) is 15.5. The lowest BCUT2D eigenvalue weighted by Gasteiger charge is -2.34. The van der Waals surface area contributed by atoms with Gasteiger partial charge in [-0.25, -0.2) is 15.2 Å². The van der Waals surface area contributed by atoms with Crippen molar-refractivity contribution in [2.24, 2.45) is 0 Å². The lowest BCUT2D eigenvalue weighted by Crippen LogP contribution is -2.53. The van der Waals surface area contributed by atoms with Crippen LogP contribution in [0.5, 0.6) is 0 Å². The SMILES string of the molecule is C=C(C)C(=O)OC(C)NN1CCCC1C1CCCN1C. The summed E-state index contributed by atoms with van der Waals surface area (Å²) >= 11 is 0. The van der Waals surface area contributed by atoms with E-state index >= 15 is 0 Å². The number of likely N-dealkylation sites (N-methyl/N-ethyl adjacent to an activating group) is 1. The van der Waals surface area contributed by atoms with Crippen LogP contribution in [0.1, 0.15) is 39.5 Å². The third kappa shape index (κ3) is 3.59. The number of nitrogens with zero attached hydrogens (tertiary/aromatic N) is 2. The minimum atomic E-state index is -0.335. The fourth-order valence-electron chi connectivity index (χ4n) is 3.30. The Morgan fingerprint density at radius 3 is 2.55 bits per heavy atom. The number of carbonyl (C=O) groups is 1. The number of ether oxygens (including phenoxy) is 1. The monoisotopic (exact) mass is 281 g/mol. The highest BCUT2D eigenvalue weighted by Crippen LogP contribution is 2.27. The molecule has 0 aromatic rings. The zero-order valence-electron chi connectivity index (χ0n) is 12.9. The molecule has 0 bridgehead atoms.